The molecule has 1 heterocycles. The predicted molar refractivity (Wildman–Crippen MR) is 95.8 cm³/mol. The van der Waals surface area contributed by atoms with Crippen LogP contribution >= 0.6 is 23.2 Å². The third-order valence-electron chi connectivity index (χ3n) is 3.73. The van der Waals surface area contributed by atoms with E-state index in [1.165, 1.54) is 0 Å². The Hall–Kier alpha value is -2.24. The molecule has 0 radical (unpaired) electrons. The van der Waals surface area contributed by atoms with Crippen LogP contribution in [0.1, 0.15) is 6.42 Å². The first-order chi connectivity index (χ1) is 11.5. The molecule has 1 saturated heterocycles. The van der Waals surface area contributed by atoms with E-state index in [0.29, 0.717) is 17.3 Å². The summed E-state index contributed by atoms with van der Waals surface area (Å²) in [7, 11) is 0. The molecular formula is C17H15Cl2N3O2. The number of hydrogen-bond acceptors (Lipinski definition) is 2. The first kappa shape index (κ1) is 16.6. The van der Waals surface area contributed by atoms with E-state index in [1.54, 1.807) is 23.1 Å². The molecule has 2 aromatic rings. The van der Waals surface area contributed by atoms with Crippen molar-refractivity contribution in [2.75, 3.05) is 16.8 Å². The summed E-state index contributed by atoms with van der Waals surface area (Å²) >= 11 is 12.0. The Labute approximate surface area is 149 Å². The van der Waals surface area contributed by atoms with Crippen LogP contribution in [0.3, 0.4) is 0 Å². The van der Waals surface area contributed by atoms with Gasteiger partial charge < -0.3 is 15.5 Å². The average molecular weight is 364 g/mol. The fourth-order valence-electron chi connectivity index (χ4n) is 2.61. The molecule has 7 heteroatoms. The fourth-order valence-corrected chi connectivity index (χ4v) is 2.95. The van der Waals surface area contributed by atoms with Gasteiger partial charge >= 0.3 is 6.03 Å². The minimum absolute atomic E-state index is 0.0210. The van der Waals surface area contributed by atoms with Gasteiger partial charge in [0.25, 0.3) is 0 Å². The number of nitrogens with zero attached hydrogens (tertiary/aromatic N) is 1. The van der Waals surface area contributed by atoms with Gasteiger partial charge in [0.1, 0.15) is 0 Å². The number of urea groups is 1. The number of halogens is 2. The molecule has 0 spiro atoms. The van der Waals surface area contributed by atoms with Crippen molar-refractivity contribution in [3.8, 4) is 0 Å². The van der Waals surface area contributed by atoms with Crippen molar-refractivity contribution in [2.24, 2.45) is 0 Å². The van der Waals surface area contributed by atoms with E-state index < -0.39 is 6.03 Å². The van der Waals surface area contributed by atoms with Crippen LogP contribution < -0.4 is 15.5 Å². The first-order valence-corrected chi connectivity index (χ1v) is 8.17. The normalized spacial score (nSPS) is 17.0. The van der Waals surface area contributed by atoms with E-state index in [0.717, 1.165) is 5.69 Å². The van der Waals surface area contributed by atoms with Crippen molar-refractivity contribution in [1.29, 1.82) is 0 Å². The number of carbonyl (C=O) groups is 2. The van der Waals surface area contributed by atoms with Gasteiger partial charge in [-0.05, 0) is 24.3 Å². The monoisotopic (exact) mass is 363 g/mol. The van der Waals surface area contributed by atoms with Crippen molar-refractivity contribution in [2.45, 2.75) is 12.5 Å². The van der Waals surface area contributed by atoms with Crippen LogP contribution in [0.15, 0.2) is 48.5 Å². The van der Waals surface area contributed by atoms with E-state index in [2.05, 4.69) is 10.6 Å². The van der Waals surface area contributed by atoms with Crippen molar-refractivity contribution in [3.63, 3.8) is 0 Å². The predicted octanol–water partition coefficient (Wildman–Crippen LogP) is 3.92. The second-order valence-corrected chi connectivity index (χ2v) is 6.23. The Kier molecular flexibility index (Phi) is 4.92. The third-order valence-corrected chi connectivity index (χ3v) is 4.55. The molecular weight excluding hydrogens is 349 g/mol. The summed E-state index contributed by atoms with van der Waals surface area (Å²) in [6, 6.07) is 13.7. The van der Waals surface area contributed by atoms with Gasteiger partial charge in [-0.25, -0.2) is 4.79 Å². The summed E-state index contributed by atoms with van der Waals surface area (Å²) in [6.07, 6.45) is 0.256. The summed E-state index contributed by atoms with van der Waals surface area (Å²) < 4.78 is 0. The largest absolute Gasteiger partial charge is 0.333 e. The van der Waals surface area contributed by atoms with Crippen molar-refractivity contribution in [3.05, 3.63) is 58.6 Å². The van der Waals surface area contributed by atoms with Crippen LogP contribution in [0.5, 0.6) is 0 Å². The van der Waals surface area contributed by atoms with E-state index in [9.17, 15) is 9.59 Å². The molecule has 5 nitrogen and oxygen atoms in total. The molecule has 24 heavy (non-hydrogen) atoms. The van der Waals surface area contributed by atoms with Crippen LogP contribution in [0.25, 0.3) is 0 Å². The number of anilines is 2. The summed E-state index contributed by atoms with van der Waals surface area (Å²) in [5.74, 6) is -0.0210. The molecule has 2 N–H and O–H groups in total. The fraction of sp³-hybridized carbons (Fsp3) is 0.176. The Bertz CT molecular complexity index is 768. The van der Waals surface area contributed by atoms with Gasteiger partial charge in [0.15, 0.2) is 0 Å². The zero-order valence-corrected chi connectivity index (χ0v) is 14.1. The van der Waals surface area contributed by atoms with Gasteiger partial charge in [-0.15, -0.1) is 0 Å². The third kappa shape index (κ3) is 3.63. The summed E-state index contributed by atoms with van der Waals surface area (Å²) in [6.45, 7) is 0.430. The lowest BCUT2D eigenvalue weighted by atomic mass is 10.2. The molecule has 124 valence electrons. The van der Waals surface area contributed by atoms with Gasteiger partial charge in [-0.1, -0.05) is 47.5 Å². The number of benzene rings is 2. The molecule has 1 fully saturated rings. The molecule has 1 aliphatic rings. The Balaban J connectivity index is 1.62. The van der Waals surface area contributed by atoms with Gasteiger partial charge in [0.05, 0.1) is 21.8 Å². The maximum absolute atomic E-state index is 12.1. The van der Waals surface area contributed by atoms with Crippen molar-refractivity contribution < 1.29 is 9.59 Å². The lowest BCUT2D eigenvalue weighted by molar-refractivity contribution is -0.117. The number of hydrogen-bond donors (Lipinski definition) is 2. The average Bonchev–Trinajstić information content (AvgIpc) is 2.93. The molecule has 1 aliphatic heterocycles. The van der Waals surface area contributed by atoms with E-state index in [1.807, 2.05) is 30.3 Å². The lowest BCUT2D eigenvalue weighted by Crippen LogP contribution is -2.39. The summed E-state index contributed by atoms with van der Waals surface area (Å²) in [4.78, 5) is 25.9. The molecule has 0 saturated carbocycles. The highest BCUT2D eigenvalue weighted by Gasteiger charge is 2.31. The summed E-state index contributed by atoms with van der Waals surface area (Å²) in [5.41, 5.74) is 1.25. The quantitative estimate of drug-likeness (QED) is 0.867. The lowest BCUT2D eigenvalue weighted by Gasteiger charge is -2.17. The van der Waals surface area contributed by atoms with Crippen molar-refractivity contribution in [1.82, 2.24) is 5.32 Å². The first-order valence-electron chi connectivity index (χ1n) is 7.41. The van der Waals surface area contributed by atoms with Crippen molar-refractivity contribution >= 4 is 46.5 Å². The number of carbonyl (C=O) groups excluding carboxylic acids is 2. The number of amides is 3. The van der Waals surface area contributed by atoms with E-state index in [-0.39, 0.29) is 23.4 Å². The zero-order valence-electron chi connectivity index (χ0n) is 12.6. The number of nitrogens with one attached hydrogen (secondary N) is 2. The summed E-state index contributed by atoms with van der Waals surface area (Å²) in [5, 5.41) is 6.08. The molecule has 0 aromatic heterocycles. The molecule has 1 atom stereocenters. The SMILES string of the molecule is O=C(Nc1cccc(Cl)c1Cl)N[C@H]1CC(=O)N(c2ccccc2)C1. The Morgan fingerprint density at radius 3 is 2.58 bits per heavy atom. The Morgan fingerprint density at radius 1 is 1.08 bits per heavy atom. The Morgan fingerprint density at radius 2 is 1.83 bits per heavy atom. The van der Waals surface area contributed by atoms with Gasteiger partial charge in [0.2, 0.25) is 5.91 Å². The number of rotatable bonds is 3. The molecule has 3 rings (SSSR count). The highest BCUT2D eigenvalue weighted by molar-refractivity contribution is 6.43. The molecule has 0 aliphatic carbocycles. The maximum atomic E-state index is 12.1. The van der Waals surface area contributed by atoms with Crippen LogP contribution in [0.2, 0.25) is 10.0 Å². The minimum atomic E-state index is -0.424. The molecule has 0 bridgehead atoms. The standard InChI is InChI=1S/C17H15Cl2N3O2/c18-13-7-4-8-14(16(13)19)21-17(24)20-11-9-15(23)22(10-11)12-5-2-1-3-6-12/h1-8,11H,9-10H2,(H2,20,21,24)/t11-/m0/s1. The number of para-hydroxylation sites is 1. The van der Waals surface area contributed by atoms with Gasteiger partial charge in [-0.3, -0.25) is 4.79 Å². The van der Waals surface area contributed by atoms with Gasteiger partial charge in [0, 0.05) is 18.7 Å². The van der Waals surface area contributed by atoms with E-state index in [4.69, 9.17) is 23.2 Å². The second kappa shape index (κ2) is 7.11. The topological polar surface area (TPSA) is 61.4 Å². The van der Waals surface area contributed by atoms with E-state index >= 15 is 0 Å². The zero-order chi connectivity index (χ0) is 17.1. The maximum Gasteiger partial charge on any atom is 0.319 e. The minimum Gasteiger partial charge on any atom is -0.333 e. The van der Waals surface area contributed by atoms with Crippen LogP contribution in [-0.4, -0.2) is 24.5 Å². The molecule has 3 amide bonds. The van der Waals surface area contributed by atoms with Crippen LogP contribution in [0, 0.1) is 0 Å². The van der Waals surface area contributed by atoms with Crippen LogP contribution in [-0.2, 0) is 4.79 Å². The molecule has 2 aromatic carbocycles. The highest BCUT2D eigenvalue weighted by Crippen LogP contribution is 2.29. The van der Waals surface area contributed by atoms with Crippen LogP contribution in [0.4, 0.5) is 16.2 Å². The highest BCUT2D eigenvalue weighted by atomic mass is 35.5. The molecule has 0 unspecified atom stereocenters. The smallest absolute Gasteiger partial charge is 0.319 e. The second-order valence-electron chi connectivity index (χ2n) is 5.44. The van der Waals surface area contributed by atoms with Gasteiger partial charge in [-0.2, -0.15) is 0 Å².